The summed E-state index contributed by atoms with van der Waals surface area (Å²) in [5, 5.41) is 6.82. The van der Waals surface area contributed by atoms with Crippen molar-refractivity contribution in [3.05, 3.63) is 12.2 Å². The lowest BCUT2D eigenvalue weighted by atomic mass is 9.83. The largest absolute Gasteiger partial charge is 0.316 e. The summed E-state index contributed by atoms with van der Waals surface area (Å²) in [5.41, 5.74) is 0. The molecule has 0 bridgehead atoms. The van der Waals surface area contributed by atoms with Gasteiger partial charge in [-0.1, -0.05) is 12.2 Å². The first-order valence-corrected chi connectivity index (χ1v) is 4.46. The van der Waals surface area contributed by atoms with Crippen molar-refractivity contribution in [3.8, 4) is 0 Å². The molecule has 1 saturated heterocycles. The molecule has 0 aromatic heterocycles. The van der Waals surface area contributed by atoms with Crippen LogP contribution in [0.2, 0.25) is 0 Å². The van der Waals surface area contributed by atoms with Gasteiger partial charge in [0, 0.05) is 19.1 Å². The van der Waals surface area contributed by atoms with Crippen LogP contribution in [-0.2, 0) is 0 Å². The summed E-state index contributed by atoms with van der Waals surface area (Å²) < 4.78 is 0. The predicted molar refractivity (Wildman–Crippen MR) is 46.5 cm³/mol. The van der Waals surface area contributed by atoms with Crippen molar-refractivity contribution in [2.75, 3.05) is 20.1 Å². The Morgan fingerprint density at radius 1 is 1.45 bits per heavy atom. The third-order valence-corrected chi connectivity index (χ3v) is 2.97. The van der Waals surface area contributed by atoms with Crippen LogP contribution in [0.25, 0.3) is 0 Å². The van der Waals surface area contributed by atoms with E-state index in [0.29, 0.717) is 6.04 Å². The fraction of sp³-hybridized carbons (Fsp3) is 0.778. The average molecular weight is 152 g/mol. The molecule has 0 saturated carbocycles. The lowest BCUT2D eigenvalue weighted by Gasteiger charge is -2.28. The highest BCUT2D eigenvalue weighted by atomic mass is 15.0. The Kier molecular flexibility index (Phi) is 1.96. The zero-order valence-corrected chi connectivity index (χ0v) is 7.01. The van der Waals surface area contributed by atoms with Gasteiger partial charge in [-0.15, -0.1) is 0 Å². The third-order valence-electron chi connectivity index (χ3n) is 2.97. The monoisotopic (exact) mass is 152 g/mol. The molecular weight excluding hydrogens is 136 g/mol. The van der Waals surface area contributed by atoms with Crippen LogP contribution in [0.4, 0.5) is 0 Å². The van der Waals surface area contributed by atoms with Crippen molar-refractivity contribution in [2.45, 2.75) is 12.5 Å². The van der Waals surface area contributed by atoms with Gasteiger partial charge in [-0.2, -0.15) is 0 Å². The van der Waals surface area contributed by atoms with E-state index in [1.54, 1.807) is 0 Å². The maximum absolute atomic E-state index is 3.44. The molecule has 0 spiro atoms. The average Bonchev–Trinajstić information content (AvgIpc) is 2.50. The van der Waals surface area contributed by atoms with E-state index in [9.17, 15) is 0 Å². The van der Waals surface area contributed by atoms with Crippen LogP contribution in [0.15, 0.2) is 12.2 Å². The highest BCUT2D eigenvalue weighted by Gasteiger charge is 2.32. The van der Waals surface area contributed by atoms with E-state index in [2.05, 4.69) is 29.8 Å². The third kappa shape index (κ3) is 1.21. The van der Waals surface area contributed by atoms with E-state index >= 15 is 0 Å². The van der Waals surface area contributed by atoms with Crippen molar-refractivity contribution >= 4 is 0 Å². The molecule has 1 aliphatic heterocycles. The Bertz CT molecular complexity index is 165. The normalized spacial score (nSPS) is 42.5. The van der Waals surface area contributed by atoms with Crippen LogP contribution in [-0.4, -0.2) is 26.2 Å². The minimum absolute atomic E-state index is 0.708. The first-order valence-electron chi connectivity index (χ1n) is 4.46. The van der Waals surface area contributed by atoms with Gasteiger partial charge in [0.2, 0.25) is 0 Å². The zero-order chi connectivity index (χ0) is 7.68. The van der Waals surface area contributed by atoms with Gasteiger partial charge in [-0.05, 0) is 25.3 Å². The Morgan fingerprint density at radius 3 is 3.18 bits per heavy atom. The van der Waals surface area contributed by atoms with Crippen LogP contribution in [0, 0.1) is 11.8 Å². The van der Waals surface area contributed by atoms with Crippen molar-refractivity contribution in [3.63, 3.8) is 0 Å². The second-order valence-corrected chi connectivity index (χ2v) is 3.54. The zero-order valence-electron chi connectivity index (χ0n) is 7.01. The molecule has 0 radical (unpaired) electrons. The molecule has 2 N–H and O–H groups in total. The smallest absolute Gasteiger partial charge is 0.0145 e. The lowest BCUT2D eigenvalue weighted by molar-refractivity contribution is 0.339. The van der Waals surface area contributed by atoms with Gasteiger partial charge >= 0.3 is 0 Å². The molecular formula is C9H16N2. The SMILES string of the molecule is CNC1CC=CC2CNCC21. The van der Waals surface area contributed by atoms with Crippen molar-refractivity contribution in [1.29, 1.82) is 0 Å². The van der Waals surface area contributed by atoms with Crippen molar-refractivity contribution < 1.29 is 0 Å². The van der Waals surface area contributed by atoms with Crippen LogP contribution in [0.3, 0.4) is 0 Å². The van der Waals surface area contributed by atoms with E-state index in [1.165, 1.54) is 19.5 Å². The molecule has 62 valence electrons. The summed E-state index contributed by atoms with van der Waals surface area (Å²) in [5.74, 6) is 1.63. The molecule has 1 aliphatic carbocycles. The maximum atomic E-state index is 3.44. The van der Waals surface area contributed by atoms with E-state index in [1.807, 2.05) is 0 Å². The number of nitrogens with one attached hydrogen (secondary N) is 2. The second kappa shape index (κ2) is 2.95. The molecule has 2 rings (SSSR count). The number of fused-ring (bicyclic) bond motifs is 1. The fourth-order valence-corrected chi connectivity index (χ4v) is 2.28. The van der Waals surface area contributed by atoms with E-state index in [4.69, 9.17) is 0 Å². The van der Waals surface area contributed by atoms with Gasteiger partial charge in [0.05, 0.1) is 0 Å². The molecule has 2 aliphatic rings. The number of hydrogen-bond acceptors (Lipinski definition) is 2. The molecule has 2 nitrogen and oxygen atoms in total. The Labute approximate surface area is 68.1 Å². The van der Waals surface area contributed by atoms with Gasteiger partial charge in [0.25, 0.3) is 0 Å². The highest BCUT2D eigenvalue weighted by molar-refractivity contribution is 5.06. The Morgan fingerprint density at radius 2 is 2.36 bits per heavy atom. The lowest BCUT2D eigenvalue weighted by Crippen LogP contribution is -2.38. The quantitative estimate of drug-likeness (QED) is 0.530. The standard InChI is InChI=1S/C9H16N2/c1-10-9-4-2-3-7-5-11-6-8(7)9/h2-3,7-11H,4-6H2,1H3. The number of hydrogen-bond donors (Lipinski definition) is 2. The molecule has 1 fully saturated rings. The van der Waals surface area contributed by atoms with Gasteiger partial charge in [0.15, 0.2) is 0 Å². The summed E-state index contributed by atoms with van der Waals surface area (Å²) in [4.78, 5) is 0. The Balaban J connectivity index is 2.09. The summed E-state index contributed by atoms with van der Waals surface area (Å²) in [6, 6.07) is 0.708. The van der Waals surface area contributed by atoms with Crippen molar-refractivity contribution in [1.82, 2.24) is 10.6 Å². The van der Waals surface area contributed by atoms with Gasteiger partial charge < -0.3 is 10.6 Å². The van der Waals surface area contributed by atoms with Gasteiger partial charge in [0.1, 0.15) is 0 Å². The molecule has 1 heterocycles. The first kappa shape index (κ1) is 7.32. The summed E-state index contributed by atoms with van der Waals surface area (Å²) in [6.07, 6.45) is 5.90. The molecule has 0 aromatic rings. The maximum Gasteiger partial charge on any atom is 0.0145 e. The summed E-state index contributed by atoms with van der Waals surface area (Å²) in [7, 11) is 2.07. The molecule has 2 heteroatoms. The van der Waals surface area contributed by atoms with Gasteiger partial charge in [-0.25, -0.2) is 0 Å². The van der Waals surface area contributed by atoms with Crippen LogP contribution >= 0.6 is 0 Å². The fourth-order valence-electron chi connectivity index (χ4n) is 2.28. The van der Waals surface area contributed by atoms with E-state index in [-0.39, 0.29) is 0 Å². The Hall–Kier alpha value is -0.340. The first-order chi connectivity index (χ1) is 5.42. The second-order valence-electron chi connectivity index (χ2n) is 3.54. The highest BCUT2D eigenvalue weighted by Crippen LogP contribution is 2.27. The minimum Gasteiger partial charge on any atom is -0.316 e. The molecule has 0 amide bonds. The molecule has 3 atom stereocenters. The summed E-state index contributed by atoms with van der Waals surface area (Å²) >= 11 is 0. The topological polar surface area (TPSA) is 24.1 Å². The number of rotatable bonds is 1. The summed E-state index contributed by atoms with van der Waals surface area (Å²) in [6.45, 7) is 2.37. The molecule has 0 aromatic carbocycles. The van der Waals surface area contributed by atoms with Crippen LogP contribution in [0.5, 0.6) is 0 Å². The minimum atomic E-state index is 0.708. The van der Waals surface area contributed by atoms with E-state index < -0.39 is 0 Å². The van der Waals surface area contributed by atoms with E-state index in [0.717, 1.165) is 11.8 Å². The van der Waals surface area contributed by atoms with Crippen LogP contribution in [0.1, 0.15) is 6.42 Å². The molecule has 3 unspecified atom stereocenters. The van der Waals surface area contributed by atoms with Gasteiger partial charge in [-0.3, -0.25) is 0 Å². The van der Waals surface area contributed by atoms with Crippen LogP contribution < -0.4 is 10.6 Å². The molecule has 11 heavy (non-hydrogen) atoms. The predicted octanol–water partition coefficient (Wildman–Crippen LogP) is 0.370. The van der Waals surface area contributed by atoms with Crippen molar-refractivity contribution in [2.24, 2.45) is 11.8 Å².